The van der Waals surface area contributed by atoms with Gasteiger partial charge in [0.1, 0.15) is 5.75 Å². The molecule has 1 aliphatic heterocycles. The number of nitrogens with zero attached hydrogens (tertiary/aromatic N) is 1. The first kappa shape index (κ1) is 14.9. The molecule has 6 nitrogen and oxygen atoms in total. The zero-order valence-electron chi connectivity index (χ0n) is 11.8. The summed E-state index contributed by atoms with van der Waals surface area (Å²) in [5.74, 6) is 1.04. The maximum atomic E-state index is 12.3. The minimum atomic E-state index is -3.51. The van der Waals surface area contributed by atoms with Crippen LogP contribution in [0.3, 0.4) is 0 Å². The summed E-state index contributed by atoms with van der Waals surface area (Å²) in [6.07, 6.45) is 1.79. The van der Waals surface area contributed by atoms with Crippen LogP contribution in [0.1, 0.15) is 19.8 Å². The Morgan fingerprint density at radius 1 is 1.35 bits per heavy atom. The number of hydrogen-bond acceptors (Lipinski definition) is 4. The highest BCUT2D eigenvalue weighted by atomic mass is 32.2. The molecule has 1 fully saturated rings. The standard InChI is InChI=1S/C13H21N3O3S/c1-10-5-7-16(8-6-10)20(17,18)15-11-3-4-12(14)13(9-11)19-2/h3-4,9-10,15H,5-8,14H2,1-2H3. The van der Waals surface area contributed by atoms with Crippen molar-refractivity contribution in [2.45, 2.75) is 19.8 Å². The molecule has 7 heteroatoms. The molecular formula is C13H21N3O3S. The molecule has 1 aromatic rings. The van der Waals surface area contributed by atoms with E-state index >= 15 is 0 Å². The highest BCUT2D eigenvalue weighted by Gasteiger charge is 2.26. The summed E-state index contributed by atoms with van der Waals surface area (Å²) in [5, 5.41) is 0. The highest BCUT2D eigenvalue weighted by Crippen LogP contribution is 2.26. The van der Waals surface area contributed by atoms with Crippen LogP contribution in [0.2, 0.25) is 0 Å². The first-order valence-corrected chi connectivity index (χ1v) is 8.08. The third-order valence-corrected chi connectivity index (χ3v) is 5.10. The van der Waals surface area contributed by atoms with E-state index in [9.17, 15) is 8.42 Å². The SMILES string of the molecule is COc1cc(NS(=O)(=O)N2CCC(C)CC2)ccc1N. The van der Waals surface area contributed by atoms with E-state index in [1.54, 1.807) is 18.2 Å². The molecule has 0 saturated carbocycles. The number of nitrogens with one attached hydrogen (secondary N) is 1. The van der Waals surface area contributed by atoms with Gasteiger partial charge in [0, 0.05) is 19.2 Å². The molecule has 1 heterocycles. The zero-order valence-corrected chi connectivity index (χ0v) is 12.6. The number of hydrogen-bond donors (Lipinski definition) is 2. The Kier molecular flexibility index (Phi) is 4.39. The summed E-state index contributed by atoms with van der Waals surface area (Å²) in [4.78, 5) is 0. The van der Waals surface area contributed by atoms with Gasteiger partial charge in [-0.05, 0) is 30.9 Å². The van der Waals surface area contributed by atoms with Gasteiger partial charge in [-0.1, -0.05) is 6.92 Å². The van der Waals surface area contributed by atoms with E-state index in [1.807, 2.05) is 0 Å². The smallest absolute Gasteiger partial charge is 0.301 e. The maximum Gasteiger partial charge on any atom is 0.301 e. The average molecular weight is 299 g/mol. The van der Waals surface area contributed by atoms with Crippen LogP contribution in [0.15, 0.2) is 18.2 Å². The Balaban J connectivity index is 2.12. The Labute approximate surface area is 120 Å². The van der Waals surface area contributed by atoms with E-state index in [0.29, 0.717) is 36.1 Å². The molecule has 0 aliphatic carbocycles. The summed E-state index contributed by atoms with van der Waals surface area (Å²) in [5.41, 5.74) is 6.64. The Bertz CT molecular complexity index is 566. The molecule has 2 rings (SSSR count). The second-order valence-electron chi connectivity index (χ2n) is 5.15. The lowest BCUT2D eigenvalue weighted by molar-refractivity contribution is 0.289. The number of benzene rings is 1. The van der Waals surface area contributed by atoms with Gasteiger partial charge in [-0.3, -0.25) is 4.72 Å². The van der Waals surface area contributed by atoms with E-state index < -0.39 is 10.2 Å². The Morgan fingerprint density at radius 3 is 2.60 bits per heavy atom. The van der Waals surface area contributed by atoms with Gasteiger partial charge in [0.05, 0.1) is 18.5 Å². The van der Waals surface area contributed by atoms with Crippen LogP contribution in [-0.4, -0.2) is 32.9 Å². The van der Waals surface area contributed by atoms with Crippen molar-refractivity contribution in [1.29, 1.82) is 0 Å². The summed E-state index contributed by atoms with van der Waals surface area (Å²) in [7, 11) is -2.01. The number of anilines is 2. The quantitative estimate of drug-likeness (QED) is 0.828. The molecule has 1 aliphatic rings. The fourth-order valence-electron chi connectivity index (χ4n) is 2.21. The van der Waals surface area contributed by atoms with Crippen molar-refractivity contribution in [3.05, 3.63) is 18.2 Å². The molecule has 0 radical (unpaired) electrons. The minimum Gasteiger partial charge on any atom is -0.495 e. The summed E-state index contributed by atoms with van der Waals surface area (Å²) < 4.78 is 33.7. The van der Waals surface area contributed by atoms with Gasteiger partial charge in [0.2, 0.25) is 0 Å². The Hall–Kier alpha value is -1.47. The molecule has 20 heavy (non-hydrogen) atoms. The van der Waals surface area contributed by atoms with Crippen molar-refractivity contribution < 1.29 is 13.2 Å². The summed E-state index contributed by atoms with van der Waals surface area (Å²) in [6.45, 7) is 3.26. The van der Waals surface area contributed by atoms with Gasteiger partial charge in [-0.15, -0.1) is 0 Å². The van der Waals surface area contributed by atoms with E-state index in [0.717, 1.165) is 12.8 Å². The molecule has 0 aromatic heterocycles. The van der Waals surface area contributed by atoms with Crippen LogP contribution in [0.4, 0.5) is 11.4 Å². The lowest BCUT2D eigenvalue weighted by Crippen LogP contribution is -2.41. The van der Waals surface area contributed by atoms with E-state index in [1.165, 1.54) is 11.4 Å². The number of nitrogens with two attached hydrogens (primary N) is 1. The van der Waals surface area contributed by atoms with Crippen LogP contribution in [-0.2, 0) is 10.2 Å². The predicted octanol–water partition coefficient (Wildman–Crippen LogP) is 1.67. The van der Waals surface area contributed by atoms with Gasteiger partial charge >= 0.3 is 10.2 Å². The number of piperidine rings is 1. The van der Waals surface area contributed by atoms with Crippen molar-refractivity contribution in [2.75, 3.05) is 30.7 Å². The van der Waals surface area contributed by atoms with Crippen molar-refractivity contribution in [1.82, 2.24) is 4.31 Å². The van der Waals surface area contributed by atoms with Gasteiger partial charge < -0.3 is 10.5 Å². The molecule has 1 saturated heterocycles. The number of rotatable bonds is 4. The number of nitrogen functional groups attached to an aromatic ring is 1. The van der Waals surface area contributed by atoms with Crippen molar-refractivity contribution in [3.63, 3.8) is 0 Å². The zero-order chi connectivity index (χ0) is 14.8. The van der Waals surface area contributed by atoms with Crippen molar-refractivity contribution in [3.8, 4) is 5.75 Å². The van der Waals surface area contributed by atoms with Crippen LogP contribution < -0.4 is 15.2 Å². The molecule has 0 amide bonds. The molecule has 112 valence electrons. The summed E-state index contributed by atoms with van der Waals surface area (Å²) >= 11 is 0. The number of methoxy groups -OCH3 is 1. The van der Waals surface area contributed by atoms with Crippen molar-refractivity contribution in [2.24, 2.45) is 5.92 Å². The van der Waals surface area contributed by atoms with Crippen LogP contribution in [0.25, 0.3) is 0 Å². The molecule has 0 unspecified atom stereocenters. The van der Waals surface area contributed by atoms with Crippen LogP contribution in [0, 0.1) is 5.92 Å². The van der Waals surface area contributed by atoms with Crippen LogP contribution in [0.5, 0.6) is 5.75 Å². The lowest BCUT2D eigenvalue weighted by atomic mass is 10.0. The molecule has 0 spiro atoms. The second kappa shape index (κ2) is 5.88. The lowest BCUT2D eigenvalue weighted by Gasteiger charge is -2.29. The number of ether oxygens (including phenoxy) is 1. The third-order valence-electron chi connectivity index (χ3n) is 3.56. The first-order chi connectivity index (χ1) is 9.42. The molecule has 3 N–H and O–H groups in total. The minimum absolute atomic E-state index is 0.453. The first-order valence-electron chi connectivity index (χ1n) is 6.64. The molecular weight excluding hydrogens is 278 g/mol. The topological polar surface area (TPSA) is 84.7 Å². The average Bonchev–Trinajstić information content (AvgIpc) is 2.41. The normalized spacial score (nSPS) is 17.9. The van der Waals surface area contributed by atoms with Gasteiger partial charge in [-0.25, -0.2) is 0 Å². The molecule has 1 aromatic carbocycles. The van der Waals surface area contributed by atoms with E-state index in [4.69, 9.17) is 10.5 Å². The van der Waals surface area contributed by atoms with Gasteiger partial charge in [0.15, 0.2) is 0 Å². The van der Waals surface area contributed by atoms with E-state index in [-0.39, 0.29) is 0 Å². The van der Waals surface area contributed by atoms with Gasteiger partial charge in [0.25, 0.3) is 0 Å². The third kappa shape index (κ3) is 3.34. The van der Waals surface area contributed by atoms with Gasteiger partial charge in [-0.2, -0.15) is 12.7 Å². The summed E-state index contributed by atoms with van der Waals surface area (Å²) in [6, 6.07) is 4.83. The van der Waals surface area contributed by atoms with Crippen LogP contribution >= 0.6 is 0 Å². The van der Waals surface area contributed by atoms with E-state index in [2.05, 4.69) is 11.6 Å². The molecule has 0 bridgehead atoms. The second-order valence-corrected chi connectivity index (χ2v) is 6.82. The maximum absolute atomic E-state index is 12.3. The van der Waals surface area contributed by atoms with Crippen molar-refractivity contribution >= 4 is 21.6 Å². The fraction of sp³-hybridized carbons (Fsp3) is 0.538. The fourth-order valence-corrected chi connectivity index (χ4v) is 3.46. The Morgan fingerprint density at radius 2 is 2.00 bits per heavy atom. The highest BCUT2D eigenvalue weighted by molar-refractivity contribution is 7.90. The molecule has 0 atom stereocenters. The largest absolute Gasteiger partial charge is 0.495 e. The predicted molar refractivity (Wildman–Crippen MR) is 79.9 cm³/mol. The monoisotopic (exact) mass is 299 g/mol.